The molecule has 0 amide bonds. The Balaban J connectivity index is 0.000000257. The lowest BCUT2D eigenvalue weighted by molar-refractivity contribution is 0.120. The van der Waals surface area contributed by atoms with Gasteiger partial charge in [-0.2, -0.15) is 10.2 Å². The fourth-order valence-electron chi connectivity index (χ4n) is 1.84. The normalized spacial score (nSPS) is 11.8. The number of hydrogen-bond donors (Lipinski definition) is 0. The van der Waals surface area contributed by atoms with Crippen molar-refractivity contribution in [1.82, 2.24) is 19.6 Å². The molecule has 2 aromatic heterocycles. The molecule has 0 atom stereocenters. The number of aromatic nitrogens is 4. The van der Waals surface area contributed by atoms with Gasteiger partial charge in [-0.1, -0.05) is 0 Å². The van der Waals surface area contributed by atoms with Crippen LogP contribution >= 0.6 is 10.7 Å². The van der Waals surface area contributed by atoms with Gasteiger partial charge in [0, 0.05) is 16.4 Å². The minimum atomic E-state index is -3.90. The molecule has 0 aliphatic rings. The van der Waals surface area contributed by atoms with E-state index in [1.54, 1.807) is 13.1 Å². The summed E-state index contributed by atoms with van der Waals surface area (Å²) in [6, 6.07) is 0. The third-order valence-corrected chi connectivity index (χ3v) is 4.72. The molecule has 0 saturated heterocycles. The molecule has 2 rings (SSSR count). The highest BCUT2D eigenvalue weighted by Gasteiger charge is 2.19. The molecular formula is C13H17ClF4N4O2S. The topological polar surface area (TPSA) is 69.8 Å². The van der Waals surface area contributed by atoms with Gasteiger partial charge in [0.05, 0.1) is 18.1 Å². The fourth-order valence-corrected chi connectivity index (χ4v) is 2.92. The van der Waals surface area contributed by atoms with Crippen LogP contribution in [0.3, 0.4) is 0 Å². The van der Waals surface area contributed by atoms with Crippen LogP contribution in [0.5, 0.6) is 0 Å². The molecule has 0 aromatic carbocycles. The predicted octanol–water partition coefficient (Wildman–Crippen LogP) is 3.15. The van der Waals surface area contributed by atoms with Gasteiger partial charge in [0.15, 0.2) is 0 Å². The Hall–Kier alpha value is -1.62. The zero-order chi connectivity index (χ0) is 19.4. The van der Waals surface area contributed by atoms with Gasteiger partial charge in [0.2, 0.25) is 0 Å². The van der Waals surface area contributed by atoms with Crippen molar-refractivity contribution in [3.63, 3.8) is 0 Å². The Morgan fingerprint density at radius 3 is 1.72 bits per heavy atom. The van der Waals surface area contributed by atoms with E-state index >= 15 is 0 Å². The molecule has 25 heavy (non-hydrogen) atoms. The van der Waals surface area contributed by atoms with E-state index in [0.29, 0.717) is 0 Å². The van der Waals surface area contributed by atoms with Gasteiger partial charge >= 0.3 is 0 Å². The van der Waals surface area contributed by atoms with Crippen LogP contribution in [0.1, 0.15) is 17.0 Å². The third kappa shape index (κ3) is 6.31. The zero-order valence-corrected chi connectivity index (χ0v) is 15.2. The van der Waals surface area contributed by atoms with Crippen LogP contribution in [-0.2, 0) is 22.1 Å². The van der Waals surface area contributed by atoms with Crippen molar-refractivity contribution >= 4 is 19.7 Å². The van der Waals surface area contributed by atoms with E-state index in [-0.39, 0.29) is 17.1 Å². The first-order valence-corrected chi connectivity index (χ1v) is 9.26. The van der Waals surface area contributed by atoms with E-state index in [9.17, 15) is 26.0 Å². The maximum absolute atomic E-state index is 12.0. The van der Waals surface area contributed by atoms with Crippen LogP contribution < -0.4 is 0 Å². The molecule has 12 heteroatoms. The lowest BCUT2D eigenvalue weighted by Crippen LogP contribution is -2.10. The van der Waals surface area contributed by atoms with Crippen LogP contribution in [-0.4, -0.2) is 40.8 Å². The van der Waals surface area contributed by atoms with Gasteiger partial charge in [-0.15, -0.1) is 0 Å². The van der Waals surface area contributed by atoms with E-state index < -0.39 is 28.4 Å². The second-order valence-corrected chi connectivity index (χ2v) is 7.63. The van der Waals surface area contributed by atoms with Crippen molar-refractivity contribution in [3.8, 4) is 0 Å². The van der Waals surface area contributed by atoms with Crippen LogP contribution in [0.2, 0.25) is 0 Å². The van der Waals surface area contributed by atoms with Gasteiger partial charge < -0.3 is 0 Å². The minimum Gasteiger partial charge on any atom is -0.264 e. The van der Waals surface area contributed by atoms with Crippen molar-refractivity contribution in [2.24, 2.45) is 0 Å². The largest absolute Gasteiger partial charge is 0.264 e. The maximum atomic E-state index is 12.0. The predicted molar refractivity (Wildman–Crippen MR) is 83.7 cm³/mol. The molecule has 142 valence electrons. The van der Waals surface area contributed by atoms with E-state index in [4.69, 9.17) is 10.7 Å². The SMILES string of the molecule is Cc1c(S(=O)(=O)Cl)cnn1CC(F)F.Cc1cnn(CC(F)F)c1C. The lowest BCUT2D eigenvalue weighted by atomic mass is 10.3. The summed E-state index contributed by atoms with van der Waals surface area (Å²) >= 11 is 0. The summed E-state index contributed by atoms with van der Waals surface area (Å²) in [6.45, 7) is 4.05. The molecular weight excluding hydrogens is 388 g/mol. The average molecular weight is 405 g/mol. The molecule has 0 saturated carbocycles. The smallest absolute Gasteiger partial charge is 0.264 e. The molecule has 0 aliphatic heterocycles. The van der Waals surface area contributed by atoms with Crippen molar-refractivity contribution < 1.29 is 26.0 Å². The monoisotopic (exact) mass is 404 g/mol. The molecule has 0 aliphatic carbocycles. The Labute approximate surface area is 146 Å². The minimum absolute atomic E-state index is 0.111. The van der Waals surface area contributed by atoms with E-state index in [2.05, 4.69) is 10.2 Å². The zero-order valence-electron chi connectivity index (χ0n) is 13.6. The molecule has 0 N–H and O–H groups in total. The second-order valence-electron chi connectivity index (χ2n) is 5.09. The number of aryl methyl sites for hydroxylation is 1. The average Bonchev–Trinajstić information content (AvgIpc) is 2.96. The first-order valence-electron chi connectivity index (χ1n) is 6.95. The van der Waals surface area contributed by atoms with Gasteiger partial charge in [0.1, 0.15) is 18.0 Å². The third-order valence-electron chi connectivity index (χ3n) is 3.29. The van der Waals surface area contributed by atoms with Gasteiger partial charge in [-0.3, -0.25) is 9.36 Å². The van der Waals surface area contributed by atoms with Gasteiger partial charge in [-0.05, 0) is 26.3 Å². The quantitative estimate of drug-likeness (QED) is 0.567. The highest BCUT2D eigenvalue weighted by atomic mass is 35.7. The maximum Gasteiger partial charge on any atom is 0.264 e. The number of alkyl halides is 4. The Kier molecular flexibility index (Phi) is 7.42. The molecule has 0 fully saturated rings. The summed E-state index contributed by atoms with van der Waals surface area (Å²) in [5, 5.41) is 7.29. The summed E-state index contributed by atoms with van der Waals surface area (Å²) in [6.07, 6.45) is -2.36. The van der Waals surface area contributed by atoms with Crippen molar-refractivity contribution in [3.05, 3.63) is 29.3 Å². The highest BCUT2D eigenvalue weighted by molar-refractivity contribution is 8.13. The fraction of sp³-hybridized carbons (Fsp3) is 0.538. The Morgan fingerprint density at radius 2 is 1.40 bits per heavy atom. The van der Waals surface area contributed by atoms with E-state index in [1.807, 2.05) is 6.92 Å². The molecule has 0 radical (unpaired) electrons. The summed E-state index contributed by atoms with van der Waals surface area (Å²) in [7, 11) is 1.14. The van der Waals surface area contributed by atoms with Crippen LogP contribution in [0, 0.1) is 20.8 Å². The summed E-state index contributed by atoms with van der Waals surface area (Å²) in [5.41, 5.74) is 1.87. The van der Waals surface area contributed by atoms with Crippen LogP contribution in [0.4, 0.5) is 17.6 Å². The molecule has 2 heterocycles. The molecule has 0 bridgehead atoms. The van der Waals surface area contributed by atoms with Crippen LogP contribution in [0.15, 0.2) is 17.3 Å². The number of nitrogens with zero attached hydrogens (tertiary/aromatic N) is 4. The first kappa shape index (κ1) is 21.4. The Morgan fingerprint density at radius 1 is 0.960 bits per heavy atom. The standard InChI is InChI=1S/C7H10F2N2.C6H7ClF2N2O2S/c1-5-3-10-11(6(5)2)4-7(8)9;1-4-5(14(7,12)13)2-10-11(4)3-6(8)9/h3,7H,4H2,1-2H3;2,6H,3H2,1H3. The second kappa shape index (κ2) is 8.65. The van der Waals surface area contributed by atoms with Gasteiger partial charge in [0.25, 0.3) is 21.9 Å². The molecule has 6 nitrogen and oxygen atoms in total. The number of hydrogen-bond acceptors (Lipinski definition) is 4. The number of rotatable bonds is 5. The summed E-state index contributed by atoms with van der Waals surface area (Å²) in [5.74, 6) is 0. The van der Waals surface area contributed by atoms with E-state index in [0.717, 1.165) is 22.1 Å². The van der Waals surface area contributed by atoms with Crippen LogP contribution in [0.25, 0.3) is 0 Å². The molecule has 0 spiro atoms. The van der Waals surface area contributed by atoms with Crippen molar-refractivity contribution in [1.29, 1.82) is 0 Å². The van der Waals surface area contributed by atoms with Crippen molar-refractivity contribution in [2.45, 2.75) is 51.6 Å². The van der Waals surface area contributed by atoms with E-state index in [1.165, 1.54) is 11.6 Å². The lowest BCUT2D eigenvalue weighted by Gasteiger charge is -2.02. The molecule has 2 aromatic rings. The summed E-state index contributed by atoms with van der Waals surface area (Å²) < 4.78 is 71.6. The Bertz CT molecular complexity index is 805. The number of halogens is 5. The summed E-state index contributed by atoms with van der Waals surface area (Å²) in [4.78, 5) is -0.236. The first-order chi connectivity index (χ1) is 11.4. The van der Waals surface area contributed by atoms with Crippen molar-refractivity contribution in [2.75, 3.05) is 0 Å². The van der Waals surface area contributed by atoms with Gasteiger partial charge in [-0.25, -0.2) is 26.0 Å². The molecule has 0 unspecified atom stereocenters. The highest BCUT2D eigenvalue weighted by Crippen LogP contribution is 2.19.